The highest BCUT2D eigenvalue weighted by Crippen LogP contribution is 2.27. The van der Waals surface area contributed by atoms with Crippen molar-refractivity contribution in [3.05, 3.63) is 30.1 Å². The first-order chi connectivity index (χ1) is 9.82. The Labute approximate surface area is 122 Å². The van der Waals surface area contributed by atoms with E-state index in [1.165, 1.54) is 25.3 Å². The molecule has 0 saturated carbocycles. The van der Waals surface area contributed by atoms with Crippen LogP contribution in [0.25, 0.3) is 0 Å². The third-order valence-electron chi connectivity index (χ3n) is 3.25. The normalized spacial score (nSPS) is 23.0. The second-order valence-corrected chi connectivity index (χ2v) is 6.71. The van der Waals surface area contributed by atoms with Crippen molar-refractivity contribution in [1.82, 2.24) is 4.31 Å². The van der Waals surface area contributed by atoms with Crippen LogP contribution in [0, 0.1) is 5.82 Å². The van der Waals surface area contributed by atoms with Gasteiger partial charge in [0.15, 0.2) is 11.6 Å². The third-order valence-corrected chi connectivity index (χ3v) is 4.50. The number of nitrogens with zero attached hydrogens (tertiary/aromatic N) is 1. The number of para-hydroxylation sites is 1. The largest absolute Gasteiger partial charge is 0.486 e. The third kappa shape index (κ3) is 3.51. The van der Waals surface area contributed by atoms with Crippen LogP contribution >= 0.6 is 0 Å². The van der Waals surface area contributed by atoms with E-state index in [1.54, 1.807) is 6.07 Å². The van der Waals surface area contributed by atoms with Gasteiger partial charge in [0.1, 0.15) is 12.1 Å². The van der Waals surface area contributed by atoms with E-state index in [2.05, 4.69) is 4.74 Å². The summed E-state index contributed by atoms with van der Waals surface area (Å²) in [6.45, 7) is -0.0209. The van der Waals surface area contributed by atoms with Gasteiger partial charge in [0.2, 0.25) is 10.0 Å². The summed E-state index contributed by atoms with van der Waals surface area (Å²) in [6.07, 6.45) is 0.517. The Balaban J connectivity index is 2.18. The van der Waals surface area contributed by atoms with Crippen LogP contribution in [0.4, 0.5) is 4.39 Å². The molecule has 6 nitrogen and oxygen atoms in total. The molecule has 1 fully saturated rings. The first-order valence-corrected chi connectivity index (χ1v) is 8.13. The molecule has 1 aliphatic rings. The fourth-order valence-electron chi connectivity index (χ4n) is 2.29. The number of methoxy groups -OCH3 is 1. The second-order valence-electron chi connectivity index (χ2n) is 4.78. The molecule has 116 valence electrons. The van der Waals surface area contributed by atoms with Gasteiger partial charge in [-0.05, 0) is 12.1 Å². The average molecular weight is 317 g/mol. The average Bonchev–Trinajstić information content (AvgIpc) is 2.84. The van der Waals surface area contributed by atoms with Crippen molar-refractivity contribution in [2.24, 2.45) is 0 Å². The van der Waals surface area contributed by atoms with Crippen LogP contribution in [0.5, 0.6) is 5.75 Å². The molecule has 2 rings (SSSR count). The van der Waals surface area contributed by atoms with E-state index in [-0.39, 0.29) is 18.7 Å². The maximum Gasteiger partial charge on any atom is 0.324 e. The van der Waals surface area contributed by atoms with Crippen molar-refractivity contribution in [2.45, 2.75) is 18.6 Å². The van der Waals surface area contributed by atoms with E-state index < -0.39 is 34.0 Å². The molecule has 1 heterocycles. The molecule has 1 aliphatic heterocycles. The summed E-state index contributed by atoms with van der Waals surface area (Å²) in [5.41, 5.74) is 0. The van der Waals surface area contributed by atoms with Crippen molar-refractivity contribution < 1.29 is 27.1 Å². The zero-order valence-electron chi connectivity index (χ0n) is 11.7. The van der Waals surface area contributed by atoms with Gasteiger partial charge in [-0.1, -0.05) is 12.1 Å². The summed E-state index contributed by atoms with van der Waals surface area (Å²) in [5.74, 6) is -1.16. The lowest BCUT2D eigenvalue weighted by Crippen LogP contribution is -2.40. The summed E-state index contributed by atoms with van der Waals surface area (Å²) in [6, 6.07) is 4.89. The predicted molar refractivity (Wildman–Crippen MR) is 72.8 cm³/mol. The molecule has 8 heteroatoms. The number of rotatable bonds is 4. The van der Waals surface area contributed by atoms with Gasteiger partial charge in [0.25, 0.3) is 0 Å². The molecule has 1 saturated heterocycles. The monoisotopic (exact) mass is 317 g/mol. The predicted octanol–water partition coefficient (Wildman–Crippen LogP) is 0.780. The molecule has 0 aliphatic carbocycles. The standard InChI is InChI=1S/C13H16FNO5S/c1-19-13(16)11-7-9(8-15(11)21(2,17)18)20-12-6-4-3-5-10(12)14/h3-6,9,11H,7-8H2,1-2H3/t9-,11+/m0/s1. The molecule has 0 bridgehead atoms. The molecule has 1 aromatic rings. The Morgan fingerprint density at radius 3 is 2.62 bits per heavy atom. The van der Waals surface area contributed by atoms with Gasteiger partial charge in [-0.2, -0.15) is 4.31 Å². The fraction of sp³-hybridized carbons (Fsp3) is 0.462. The number of ether oxygens (including phenoxy) is 2. The SMILES string of the molecule is COC(=O)[C@H]1C[C@H](Oc2ccccc2F)CN1S(C)(=O)=O. The molecule has 0 amide bonds. The number of hydrogen-bond donors (Lipinski definition) is 0. The number of carbonyl (C=O) groups is 1. The summed E-state index contributed by atoms with van der Waals surface area (Å²) < 4.78 is 48.1. The van der Waals surface area contributed by atoms with Crippen LogP contribution in [0.15, 0.2) is 24.3 Å². The molecule has 2 atom stereocenters. The van der Waals surface area contributed by atoms with E-state index in [1.807, 2.05) is 0 Å². The van der Waals surface area contributed by atoms with Gasteiger partial charge in [-0.15, -0.1) is 0 Å². The lowest BCUT2D eigenvalue weighted by atomic mass is 10.2. The van der Waals surface area contributed by atoms with E-state index in [4.69, 9.17) is 4.74 Å². The highest BCUT2D eigenvalue weighted by atomic mass is 32.2. The summed E-state index contributed by atoms with van der Waals surface area (Å²) in [4.78, 5) is 11.7. The summed E-state index contributed by atoms with van der Waals surface area (Å²) in [5, 5.41) is 0. The Morgan fingerprint density at radius 1 is 1.38 bits per heavy atom. The first-order valence-electron chi connectivity index (χ1n) is 6.28. The van der Waals surface area contributed by atoms with E-state index in [9.17, 15) is 17.6 Å². The Bertz CT molecular complexity index is 633. The van der Waals surface area contributed by atoms with Gasteiger partial charge in [0.05, 0.1) is 19.9 Å². The number of hydrogen-bond acceptors (Lipinski definition) is 5. The van der Waals surface area contributed by atoms with Gasteiger partial charge in [-0.25, -0.2) is 12.8 Å². The Hall–Kier alpha value is -1.67. The van der Waals surface area contributed by atoms with Crippen LogP contribution in [0.2, 0.25) is 0 Å². The van der Waals surface area contributed by atoms with Gasteiger partial charge < -0.3 is 9.47 Å². The maximum absolute atomic E-state index is 13.5. The fourth-order valence-corrected chi connectivity index (χ4v) is 3.36. The molecule has 1 aromatic carbocycles. The Morgan fingerprint density at radius 2 is 2.05 bits per heavy atom. The van der Waals surface area contributed by atoms with E-state index in [0.717, 1.165) is 10.6 Å². The minimum absolute atomic E-state index is 0.0209. The second kappa shape index (κ2) is 5.98. The van der Waals surface area contributed by atoms with Crippen molar-refractivity contribution >= 4 is 16.0 Å². The van der Waals surface area contributed by atoms with E-state index >= 15 is 0 Å². The molecule has 0 unspecified atom stereocenters. The Kier molecular flexibility index (Phi) is 4.48. The lowest BCUT2D eigenvalue weighted by molar-refractivity contribution is -0.144. The highest BCUT2D eigenvalue weighted by molar-refractivity contribution is 7.88. The van der Waals surface area contributed by atoms with Crippen molar-refractivity contribution in [1.29, 1.82) is 0 Å². The minimum atomic E-state index is -3.58. The lowest BCUT2D eigenvalue weighted by Gasteiger charge is -2.19. The molecule has 0 radical (unpaired) electrons. The van der Waals surface area contributed by atoms with E-state index in [0.29, 0.717) is 0 Å². The smallest absolute Gasteiger partial charge is 0.324 e. The van der Waals surface area contributed by atoms with Crippen LogP contribution in [0.1, 0.15) is 6.42 Å². The summed E-state index contributed by atoms with van der Waals surface area (Å²) in [7, 11) is -2.40. The topological polar surface area (TPSA) is 72.9 Å². The minimum Gasteiger partial charge on any atom is -0.486 e. The zero-order chi connectivity index (χ0) is 15.6. The first kappa shape index (κ1) is 15.7. The van der Waals surface area contributed by atoms with Crippen molar-refractivity contribution in [3.8, 4) is 5.75 Å². The number of halogens is 1. The van der Waals surface area contributed by atoms with Gasteiger partial charge >= 0.3 is 5.97 Å². The van der Waals surface area contributed by atoms with Crippen LogP contribution in [0.3, 0.4) is 0 Å². The zero-order valence-corrected chi connectivity index (χ0v) is 12.5. The van der Waals surface area contributed by atoms with Gasteiger partial charge in [0, 0.05) is 6.42 Å². The number of esters is 1. The van der Waals surface area contributed by atoms with Crippen molar-refractivity contribution in [2.75, 3.05) is 19.9 Å². The molecule has 0 spiro atoms. The molecular formula is C13H16FNO5S. The van der Waals surface area contributed by atoms with Crippen molar-refractivity contribution in [3.63, 3.8) is 0 Å². The van der Waals surface area contributed by atoms with Crippen LogP contribution in [-0.2, 0) is 19.6 Å². The maximum atomic E-state index is 13.5. The van der Waals surface area contributed by atoms with Crippen LogP contribution in [-0.4, -0.2) is 50.7 Å². The molecule has 21 heavy (non-hydrogen) atoms. The molecule has 0 aromatic heterocycles. The molecule has 0 N–H and O–H groups in total. The highest BCUT2D eigenvalue weighted by Gasteiger charge is 2.43. The molecular weight excluding hydrogens is 301 g/mol. The summed E-state index contributed by atoms with van der Waals surface area (Å²) >= 11 is 0. The van der Waals surface area contributed by atoms with Gasteiger partial charge in [-0.3, -0.25) is 4.79 Å². The number of carbonyl (C=O) groups excluding carboxylic acids is 1. The van der Waals surface area contributed by atoms with Crippen LogP contribution < -0.4 is 4.74 Å². The number of benzene rings is 1. The number of sulfonamides is 1. The quantitative estimate of drug-likeness (QED) is 0.767.